The number of fused-ring (bicyclic) bond motifs is 5. The normalized spacial score (nSPS) is 20.3. The first kappa shape index (κ1) is 23.9. The van der Waals surface area contributed by atoms with E-state index in [9.17, 15) is 9.59 Å². The van der Waals surface area contributed by atoms with Crippen LogP contribution in [-0.4, -0.2) is 45.2 Å². The Morgan fingerprint density at radius 2 is 1.53 bits per heavy atom. The fraction of sp³-hybridized carbons (Fsp3) is 0.267. The maximum absolute atomic E-state index is 14.1. The lowest BCUT2D eigenvalue weighted by molar-refractivity contribution is -0.122. The monoisotopic (exact) mass is 512 g/mol. The second kappa shape index (κ2) is 9.13. The summed E-state index contributed by atoms with van der Waals surface area (Å²) in [5.74, 6) is 0.162. The molecule has 1 aliphatic heterocycles. The summed E-state index contributed by atoms with van der Waals surface area (Å²) in [5.41, 5.74) is 4.11. The Kier molecular flexibility index (Phi) is 5.75. The van der Waals surface area contributed by atoms with E-state index in [0.717, 1.165) is 27.7 Å². The summed E-state index contributed by atoms with van der Waals surface area (Å²) in [7, 11) is 6.30. The molecule has 0 saturated carbocycles. The SMILES string of the molecule is COc1ccc2[nH]c3c(c2c1)[C@H]1C(=O)N(c2ccccc2)C(=O)[C@H]1[C@@H](c1cc(OC)c(OC)c(OC)c1)C3. The van der Waals surface area contributed by atoms with Crippen molar-refractivity contribution in [3.8, 4) is 23.0 Å². The van der Waals surface area contributed by atoms with Crippen molar-refractivity contribution in [1.82, 2.24) is 4.98 Å². The number of para-hydroxylation sites is 1. The molecule has 6 rings (SSSR count). The van der Waals surface area contributed by atoms with Crippen LogP contribution >= 0.6 is 0 Å². The van der Waals surface area contributed by atoms with Gasteiger partial charge >= 0.3 is 0 Å². The lowest BCUT2D eigenvalue weighted by atomic mass is 9.69. The number of hydrogen-bond acceptors (Lipinski definition) is 6. The third kappa shape index (κ3) is 3.44. The standard InChI is InChI=1S/C30H28N2O6/c1-35-18-10-11-21-20(14-18)25-22(31-21)15-19(16-12-23(36-2)28(38-4)24(13-16)37-3)26-27(25)30(34)32(29(26)33)17-8-6-5-7-9-17/h5-14,19,26-27,31H,15H2,1-4H3/t19-,26+,27-/m1/s1. The van der Waals surface area contributed by atoms with Gasteiger partial charge in [0.2, 0.25) is 17.6 Å². The van der Waals surface area contributed by atoms with Crippen LogP contribution in [0.4, 0.5) is 5.69 Å². The zero-order chi connectivity index (χ0) is 26.6. The molecule has 8 nitrogen and oxygen atoms in total. The van der Waals surface area contributed by atoms with Gasteiger partial charge in [0.1, 0.15) is 5.75 Å². The predicted octanol–water partition coefficient (Wildman–Crippen LogP) is 4.82. The van der Waals surface area contributed by atoms with Crippen LogP contribution in [-0.2, 0) is 16.0 Å². The molecule has 3 atom stereocenters. The van der Waals surface area contributed by atoms with Crippen LogP contribution in [0.1, 0.15) is 28.7 Å². The number of ether oxygens (including phenoxy) is 4. The molecule has 0 spiro atoms. The van der Waals surface area contributed by atoms with Gasteiger partial charge in [-0.2, -0.15) is 0 Å². The van der Waals surface area contributed by atoms with Crippen molar-refractivity contribution < 1.29 is 28.5 Å². The minimum atomic E-state index is -0.656. The molecule has 1 N–H and O–H groups in total. The zero-order valence-corrected chi connectivity index (χ0v) is 21.6. The van der Waals surface area contributed by atoms with Gasteiger partial charge in [-0.1, -0.05) is 18.2 Å². The predicted molar refractivity (Wildman–Crippen MR) is 143 cm³/mol. The Labute approximate surface area is 220 Å². The summed E-state index contributed by atoms with van der Waals surface area (Å²) in [6.45, 7) is 0. The molecule has 38 heavy (non-hydrogen) atoms. The van der Waals surface area contributed by atoms with E-state index in [1.165, 1.54) is 4.90 Å². The smallest absolute Gasteiger partial charge is 0.242 e. The van der Waals surface area contributed by atoms with Crippen LogP contribution in [0.25, 0.3) is 10.9 Å². The maximum atomic E-state index is 14.1. The van der Waals surface area contributed by atoms with Gasteiger partial charge in [-0.3, -0.25) is 9.59 Å². The Morgan fingerprint density at radius 3 is 2.16 bits per heavy atom. The van der Waals surface area contributed by atoms with Gasteiger partial charge in [0.25, 0.3) is 0 Å². The van der Waals surface area contributed by atoms with Crippen LogP contribution in [0, 0.1) is 5.92 Å². The summed E-state index contributed by atoms with van der Waals surface area (Å²) in [5, 5.41) is 0.897. The van der Waals surface area contributed by atoms with E-state index in [4.69, 9.17) is 18.9 Å². The molecular weight excluding hydrogens is 484 g/mol. The number of hydrogen-bond donors (Lipinski definition) is 1. The Balaban J connectivity index is 1.58. The van der Waals surface area contributed by atoms with Crippen LogP contribution in [0.15, 0.2) is 60.7 Å². The van der Waals surface area contributed by atoms with Crippen LogP contribution in [0.2, 0.25) is 0 Å². The summed E-state index contributed by atoms with van der Waals surface area (Å²) < 4.78 is 22.2. The quantitative estimate of drug-likeness (QED) is 0.373. The van der Waals surface area contributed by atoms with E-state index >= 15 is 0 Å². The highest BCUT2D eigenvalue weighted by atomic mass is 16.5. The molecule has 2 heterocycles. The highest BCUT2D eigenvalue weighted by molar-refractivity contribution is 6.25. The lowest BCUT2D eigenvalue weighted by Gasteiger charge is -2.32. The molecule has 1 fully saturated rings. The molecule has 0 unspecified atom stereocenters. The fourth-order valence-electron chi connectivity index (χ4n) is 6.11. The largest absolute Gasteiger partial charge is 0.497 e. The van der Waals surface area contributed by atoms with E-state index < -0.39 is 11.8 Å². The fourth-order valence-corrected chi connectivity index (χ4v) is 6.11. The summed E-state index contributed by atoms with van der Waals surface area (Å²) in [6, 6.07) is 18.6. The van der Waals surface area contributed by atoms with Crippen molar-refractivity contribution in [3.05, 3.63) is 77.5 Å². The van der Waals surface area contributed by atoms with Crippen molar-refractivity contribution >= 4 is 28.4 Å². The Bertz CT molecular complexity index is 1540. The number of H-pyrrole nitrogens is 1. The van der Waals surface area contributed by atoms with Gasteiger partial charge in [-0.05, 0) is 60.0 Å². The number of benzene rings is 3. The van der Waals surface area contributed by atoms with E-state index in [-0.39, 0.29) is 17.7 Å². The molecule has 194 valence electrons. The number of anilines is 1. The minimum absolute atomic E-state index is 0.215. The number of nitrogens with one attached hydrogen (secondary N) is 1. The molecular formula is C30H28N2O6. The number of imide groups is 1. The van der Waals surface area contributed by atoms with Crippen molar-refractivity contribution in [1.29, 1.82) is 0 Å². The molecule has 1 aromatic heterocycles. The molecule has 4 aromatic rings. The molecule has 0 radical (unpaired) electrons. The molecule has 0 bridgehead atoms. The first-order chi connectivity index (χ1) is 18.5. The number of carbonyl (C=O) groups excluding carboxylic acids is 2. The third-order valence-corrected chi connectivity index (χ3v) is 7.78. The number of amides is 2. The highest BCUT2D eigenvalue weighted by Gasteiger charge is 2.56. The maximum Gasteiger partial charge on any atom is 0.242 e. The number of aromatic amines is 1. The average Bonchev–Trinajstić information content (AvgIpc) is 3.45. The molecule has 8 heteroatoms. The average molecular weight is 513 g/mol. The summed E-state index contributed by atoms with van der Waals surface area (Å²) in [6.07, 6.45) is 0.535. The van der Waals surface area contributed by atoms with E-state index in [1.54, 1.807) is 40.6 Å². The first-order valence-electron chi connectivity index (χ1n) is 12.4. The topological polar surface area (TPSA) is 90.1 Å². The van der Waals surface area contributed by atoms with E-state index in [2.05, 4.69) is 4.98 Å². The van der Waals surface area contributed by atoms with Crippen LogP contribution in [0.5, 0.6) is 23.0 Å². The zero-order valence-electron chi connectivity index (χ0n) is 21.6. The molecule has 2 aliphatic rings. The van der Waals surface area contributed by atoms with Gasteiger partial charge in [0.05, 0.1) is 46.0 Å². The van der Waals surface area contributed by atoms with Crippen molar-refractivity contribution in [2.45, 2.75) is 18.3 Å². The van der Waals surface area contributed by atoms with Crippen LogP contribution in [0.3, 0.4) is 0 Å². The molecule has 2 amide bonds. The van der Waals surface area contributed by atoms with Gasteiger partial charge in [-0.25, -0.2) is 4.90 Å². The van der Waals surface area contributed by atoms with Crippen molar-refractivity contribution in [2.75, 3.05) is 33.3 Å². The van der Waals surface area contributed by atoms with E-state index in [0.29, 0.717) is 35.1 Å². The summed E-state index contributed by atoms with van der Waals surface area (Å²) >= 11 is 0. The third-order valence-electron chi connectivity index (χ3n) is 7.78. The van der Waals surface area contributed by atoms with Crippen molar-refractivity contribution in [3.63, 3.8) is 0 Å². The second-order valence-corrected chi connectivity index (χ2v) is 9.55. The van der Waals surface area contributed by atoms with Crippen LogP contribution < -0.4 is 23.8 Å². The summed E-state index contributed by atoms with van der Waals surface area (Å²) in [4.78, 5) is 33.1. The highest BCUT2D eigenvalue weighted by Crippen LogP contribution is 2.54. The van der Waals surface area contributed by atoms with Gasteiger partial charge in [0, 0.05) is 22.5 Å². The second-order valence-electron chi connectivity index (χ2n) is 9.55. The van der Waals surface area contributed by atoms with Gasteiger partial charge < -0.3 is 23.9 Å². The number of carbonyl (C=O) groups is 2. The Hall–Kier alpha value is -4.46. The Morgan fingerprint density at radius 1 is 0.816 bits per heavy atom. The minimum Gasteiger partial charge on any atom is -0.497 e. The lowest BCUT2D eigenvalue weighted by Crippen LogP contribution is -2.32. The molecule has 1 saturated heterocycles. The van der Waals surface area contributed by atoms with Gasteiger partial charge in [0.15, 0.2) is 11.5 Å². The number of methoxy groups -OCH3 is 4. The number of nitrogens with zero attached hydrogens (tertiary/aromatic N) is 1. The molecule has 1 aliphatic carbocycles. The molecule has 3 aromatic carbocycles. The van der Waals surface area contributed by atoms with Gasteiger partial charge in [-0.15, -0.1) is 0 Å². The van der Waals surface area contributed by atoms with E-state index in [1.807, 2.05) is 48.5 Å². The number of rotatable bonds is 6. The first-order valence-corrected chi connectivity index (χ1v) is 12.4. The van der Waals surface area contributed by atoms with Crippen molar-refractivity contribution in [2.24, 2.45) is 5.92 Å². The number of aromatic nitrogens is 1.